The number of carboxylic acids is 1. The van der Waals surface area contributed by atoms with Crippen molar-refractivity contribution in [3.05, 3.63) is 11.3 Å². The van der Waals surface area contributed by atoms with E-state index in [0.29, 0.717) is 6.42 Å². The summed E-state index contributed by atoms with van der Waals surface area (Å²) in [5.41, 5.74) is 1.06. The van der Waals surface area contributed by atoms with Gasteiger partial charge < -0.3 is 9.84 Å². The number of unbranched alkanes of at least 4 members (excludes halogenated alkanes) is 2. The van der Waals surface area contributed by atoms with Gasteiger partial charge in [-0.05, 0) is 30.8 Å². The minimum absolute atomic E-state index is 0.0497. The maximum absolute atomic E-state index is 11.0. The highest BCUT2D eigenvalue weighted by molar-refractivity contribution is 5.69. The third-order valence-electron chi connectivity index (χ3n) is 3.31. The summed E-state index contributed by atoms with van der Waals surface area (Å²) >= 11 is 0. The summed E-state index contributed by atoms with van der Waals surface area (Å²) < 4.78 is 5.21. The molecule has 18 heavy (non-hydrogen) atoms. The molecule has 1 aliphatic carbocycles. The standard InChI is InChI=1S/C14H22O4/c1-3-4-5-6-12-11(9-14(16)17)7-8-13(12)18-10(2)15/h11H,3-9H2,1-2H3,(H,16,17)/t11-/m0/s1. The summed E-state index contributed by atoms with van der Waals surface area (Å²) in [5, 5.41) is 8.90. The fourth-order valence-corrected chi connectivity index (χ4v) is 2.50. The van der Waals surface area contributed by atoms with Crippen LogP contribution in [0.25, 0.3) is 0 Å². The van der Waals surface area contributed by atoms with Crippen molar-refractivity contribution in [3.63, 3.8) is 0 Å². The second kappa shape index (κ2) is 7.19. The number of allylic oxidation sites excluding steroid dienone is 2. The molecule has 1 aliphatic rings. The van der Waals surface area contributed by atoms with Crippen LogP contribution in [-0.2, 0) is 14.3 Å². The van der Waals surface area contributed by atoms with Crippen molar-refractivity contribution in [2.75, 3.05) is 0 Å². The van der Waals surface area contributed by atoms with Crippen LogP contribution in [0.1, 0.15) is 58.8 Å². The molecule has 0 bridgehead atoms. The van der Waals surface area contributed by atoms with Gasteiger partial charge in [0.1, 0.15) is 5.76 Å². The predicted octanol–water partition coefficient (Wildman–Crippen LogP) is 3.27. The molecule has 0 radical (unpaired) electrons. The largest absolute Gasteiger partial charge is 0.481 e. The molecule has 0 aromatic carbocycles. The lowest BCUT2D eigenvalue weighted by atomic mass is 9.93. The van der Waals surface area contributed by atoms with Crippen LogP contribution >= 0.6 is 0 Å². The number of ether oxygens (including phenoxy) is 1. The van der Waals surface area contributed by atoms with Crippen LogP contribution in [0.2, 0.25) is 0 Å². The molecule has 0 spiro atoms. The molecule has 4 heteroatoms. The van der Waals surface area contributed by atoms with Gasteiger partial charge in [0.25, 0.3) is 0 Å². The van der Waals surface area contributed by atoms with E-state index in [-0.39, 0.29) is 18.3 Å². The SMILES string of the molecule is CCCCCC1=C(OC(C)=O)CC[C@H]1CC(=O)O. The minimum atomic E-state index is -0.780. The normalized spacial score (nSPS) is 19.1. The first-order chi connectivity index (χ1) is 8.54. The first-order valence-corrected chi connectivity index (χ1v) is 6.66. The van der Waals surface area contributed by atoms with E-state index in [1.807, 2.05) is 0 Å². The highest BCUT2D eigenvalue weighted by Crippen LogP contribution is 2.37. The van der Waals surface area contributed by atoms with Gasteiger partial charge in [-0.2, -0.15) is 0 Å². The Kier molecular flexibility index (Phi) is 5.89. The number of rotatable bonds is 7. The Labute approximate surface area is 108 Å². The van der Waals surface area contributed by atoms with E-state index < -0.39 is 5.97 Å². The van der Waals surface area contributed by atoms with Crippen molar-refractivity contribution >= 4 is 11.9 Å². The van der Waals surface area contributed by atoms with Crippen LogP contribution in [0.5, 0.6) is 0 Å². The number of carboxylic acid groups (broad SMARTS) is 1. The van der Waals surface area contributed by atoms with E-state index in [1.54, 1.807) is 0 Å². The maximum Gasteiger partial charge on any atom is 0.307 e. The Bertz CT molecular complexity index is 344. The Morgan fingerprint density at radius 3 is 2.67 bits per heavy atom. The smallest absolute Gasteiger partial charge is 0.307 e. The van der Waals surface area contributed by atoms with E-state index in [2.05, 4.69) is 6.92 Å². The molecule has 0 saturated heterocycles. The van der Waals surface area contributed by atoms with Crippen LogP contribution in [0, 0.1) is 5.92 Å². The summed E-state index contributed by atoms with van der Waals surface area (Å²) in [4.78, 5) is 21.9. The van der Waals surface area contributed by atoms with Gasteiger partial charge in [-0.25, -0.2) is 0 Å². The molecule has 4 nitrogen and oxygen atoms in total. The zero-order valence-electron chi connectivity index (χ0n) is 11.2. The summed E-state index contributed by atoms with van der Waals surface area (Å²) in [6.07, 6.45) is 5.76. The van der Waals surface area contributed by atoms with E-state index in [1.165, 1.54) is 6.92 Å². The van der Waals surface area contributed by atoms with Crippen molar-refractivity contribution < 1.29 is 19.4 Å². The lowest BCUT2D eigenvalue weighted by Crippen LogP contribution is -2.08. The highest BCUT2D eigenvalue weighted by Gasteiger charge is 2.28. The summed E-state index contributed by atoms with van der Waals surface area (Å²) in [5.74, 6) is -0.315. The van der Waals surface area contributed by atoms with Crippen LogP contribution in [0.15, 0.2) is 11.3 Å². The average molecular weight is 254 g/mol. The molecule has 1 atom stereocenters. The van der Waals surface area contributed by atoms with Crippen LogP contribution in [0.4, 0.5) is 0 Å². The van der Waals surface area contributed by atoms with Crippen molar-refractivity contribution in [1.29, 1.82) is 0 Å². The summed E-state index contributed by atoms with van der Waals surface area (Å²) in [7, 11) is 0. The van der Waals surface area contributed by atoms with Gasteiger partial charge >= 0.3 is 11.9 Å². The van der Waals surface area contributed by atoms with Gasteiger partial charge in [-0.3, -0.25) is 9.59 Å². The van der Waals surface area contributed by atoms with Crippen molar-refractivity contribution in [3.8, 4) is 0 Å². The second-order valence-electron chi connectivity index (χ2n) is 4.83. The lowest BCUT2D eigenvalue weighted by Gasteiger charge is -2.13. The second-order valence-corrected chi connectivity index (χ2v) is 4.83. The zero-order valence-corrected chi connectivity index (χ0v) is 11.2. The number of hydrogen-bond donors (Lipinski definition) is 1. The number of carbonyl (C=O) groups is 2. The molecule has 0 amide bonds. The van der Waals surface area contributed by atoms with Gasteiger partial charge in [-0.15, -0.1) is 0 Å². The molecule has 0 aliphatic heterocycles. The summed E-state index contributed by atoms with van der Waals surface area (Å²) in [6.45, 7) is 3.52. The van der Waals surface area contributed by atoms with E-state index >= 15 is 0 Å². The zero-order chi connectivity index (χ0) is 13.5. The van der Waals surface area contributed by atoms with Crippen molar-refractivity contribution in [2.24, 2.45) is 5.92 Å². The van der Waals surface area contributed by atoms with Gasteiger partial charge in [0, 0.05) is 13.3 Å². The van der Waals surface area contributed by atoms with Crippen LogP contribution in [-0.4, -0.2) is 17.0 Å². The first-order valence-electron chi connectivity index (χ1n) is 6.66. The van der Waals surface area contributed by atoms with Crippen LogP contribution in [0.3, 0.4) is 0 Å². The molecule has 1 rings (SSSR count). The minimum Gasteiger partial charge on any atom is -0.481 e. The first kappa shape index (κ1) is 14.7. The summed E-state index contributed by atoms with van der Waals surface area (Å²) in [6, 6.07) is 0. The molecule has 0 aromatic rings. The average Bonchev–Trinajstić information content (AvgIpc) is 2.61. The van der Waals surface area contributed by atoms with Gasteiger partial charge in [-0.1, -0.05) is 19.8 Å². The highest BCUT2D eigenvalue weighted by atomic mass is 16.5. The number of aliphatic carboxylic acids is 1. The molecular formula is C14H22O4. The van der Waals surface area contributed by atoms with Crippen molar-refractivity contribution in [1.82, 2.24) is 0 Å². The Morgan fingerprint density at radius 1 is 1.39 bits per heavy atom. The molecule has 0 saturated carbocycles. The Morgan fingerprint density at radius 2 is 2.11 bits per heavy atom. The molecule has 0 aromatic heterocycles. The molecule has 0 unspecified atom stereocenters. The molecule has 0 heterocycles. The third-order valence-corrected chi connectivity index (χ3v) is 3.31. The number of hydrogen-bond acceptors (Lipinski definition) is 3. The van der Waals surface area contributed by atoms with Gasteiger partial charge in [0.15, 0.2) is 0 Å². The Balaban J connectivity index is 2.71. The quantitative estimate of drug-likeness (QED) is 0.559. The van der Waals surface area contributed by atoms with E-state index in [0.717, 1.165) is 43.4 Å². The fraction of sp³-hybridized carbons (Fsp3) is 0.714. The number of esters is 1. The topological polar surface area (TPSA) is 63.6 Å². The fourth-order valence-electron chi connectivity index (χ4n) is 2.50. The third kappa shape index (κ3) is 4.51. The van der Waals surface area contributed by atoms with Crippen LogP contribution < -0.4 is 0 Å². The van der Waals surface area contributed by atoms with E-state index in [9.17, 15) is 9.59 Å². The van der Waals surface area contributed by atoms with Gasteiger partial charge in [0.05, 0.1) is 6.42 Å². The molecule has 0 fully saturated rings. The molecule has 102 valence electrons. The van der Waals surface area contributed by atoms with E-state index in [4.69, 9.17) is 9.84 Å². The monoisotopic (exact) mass is 254 g/mol. The predicted molar refractivity (Wildman–Crippen MR) is 67.9 cm³/mol. The maximum atomic E-state index is 11.0. The molecular weight excluding hydrogens is 232 g/mol. The molecule has 1 N–H and O–H groups in total. The van der Waals surface area contributed by atoms with Crippen molar-refractivity contribution in [2.45, 2.75) is 58.8 Å². The number of carbonyl (C=O) groups excluding carboxylic acids is 1. The Hall–Kier alpha value is -1.32. The lowest BCUT2D eigenvalue weighted by molar-refractivity contribution is -0.138. The van der Waals surface area contributed by atoms with Gasteiger partial charge in [0.2, 0.25) is 0 Å².